The summed E-state index contributed by atoms with van der Waals surface area (Å²) in [6.45, 7) is 3.29. The highest BCUT2D eigenvalue weighted by atomic mass is 16.5. The Morgan fingerprint density at radius 2 is 2.00 bits per heavy atom. The largest absolute Gasteiger partial charge is 0.477 e. The third-order valence-electron chi connectivity index (χ3n) is 2.60. The number of benzene rings is 1. The maximum Gasteiger partial charge on any atom is 0.234 e. The molecule has 5 heteroatoms. The zero-order valence-electron chi connectivity index (χ0n) is 11.0. The van der Waals surface area contributed by atoms with Gasteiger partial charge in [0.1, 0.15) is 5.82 Å². The van der Waals surface area contributed by atoms with Crippen molar-refractivity contribution < 1.29 is 4.74 Å². The van der Waals surface area contributed by atoms with Gasteiger partial charge in [0.05, 0.1) is 19.0 Å². The number of nitrogens with two attached hydrogens (primary N) is 1. The van der Waals surface area contributed by atoms with E-state index in [-0.39, 0.29) is 0 Å². The first kappa shape index (κ1) is 13.1. The number of aromatic nitrogens is 2. The number of ether oxygens (including phenoxy) is 1. The fraction of sp³-hybridized carbons (Fsp3) is 0.286. The first-order chi connectivity index (χ1) is 9.28. The third-order valence-corrected chi connectivity index (χ3v) is 2.60. The molecule has 0 saturated carbocycles. The van der Waals surface area contributed by atoms with Crippen LogP contribution in [0.25, 0.3) is 0 Å². The van der Waals surface area contributed by atoms with Gasteiger partial charge in [0.25, 0.3) is 0 Å². The SMILES string of the molecule is CCOc1cncc(NCCc2ccc(N)cc2)n1. The van der Waals surface area contributed by atoms with Gasteiger partial charge in [-0.2, -0.15) is 4.98 Å². The predicted octanol–water partition coefficient (Wildman–Crippen LogP) is 2.11. The van der Waals surface area contributed by atoms with Gasteiger partial charge in [-0.1, -0.05) is 12.1 Å². The molecule has 2 aromatic rings. The van der Waals surface area contributed by atoms with Gasteiger partial charge in [0.2, 0.25) is 5.88 Å². The van der Waals surface area contributed by atoms with Gasteiger partial charge in [-0.15, -0.1) is 0 Å². The molecule has 0 saturated heterocycles. The van der Waals surface area contributed by atoms with E-state index in [1.165, 1.54) is 5.56 Å². The van der Waals surface area contributed by atoms with E-state index >= 15 is 0 Å². The van der Waals surface area contributed by atoms with Crippen molar-refractivity contribution in [2.75, 3.05) is 24.2 Å². The molecular formula is C14H18N4O. The Hall–Kier alpha value is -2.30. The van der Waals surface area contributed by atoms with Crippen LogP contribution in [0.4, 0.5) is 11.5 Å². The molecule has 0 atom stereocenters. The quantitative estimate of drug-likeness (QED) is 0.776. The number of nitrogens with zero attached hydrogens (tertiary/aromatic N) is 2. The van der Waals surface area contributed by atoms with E-state index in [0.29, 0.717) is 12.5 Å². The Morgan fingerprint density at radius 3 is 2.74 bits per heavy atom. The van der Waals surface area contributed by atoms with Crippen LogP contribution in [0.1, 0.15) is 12.5 Å². The highest BCUT2D eigenvalue weighted by Crippen LogP contribution is 2.10. The summed E-state index contributed by atoms with van der Waals surface area (Å²) in [7, 11) is 0. The second-order valence-electron chi connectivity index (χ2n) is 4.09. The maximum atomic E-state index is 5.64. The topological polar surface area (TPSA) is 73.1 Å². The monoisotopic (exact) mass is 258 g/mol. The molecule has 0 fully saturated rings. The van der Waals surface area contributed by atoms with Crippen molar-refractivity contribution in [2.45, 2.75) is 13.3 Å². The Bertz CT molecular complexity index is 513. The van der Waals surface area contributed by atoms with Crippen LogP contribution < -0.4 is 15.8 Å². The summed E-state index contributed by atoms with van der Waals surface area (Å²) >= 11 is 0. The Labute approximate surface area is 112 Å². The highest BCUT2D eigenvalue weighted by molar-refractivity contribution is 5.40. The lowest BCUT2D eigenvalue weighted by Crippen LogP contribution is -2.07. The van der Waals surface area contributed by atoms with Crippen molar-refractivity contribution in [3.63, 3.8) is 0 Å². The zero-order valence-corrected chi connectivity index (χ0v) is 11.0. The number of nitrogen functional groups attached to an aromatic ring is 1. The van der Waals surface area contributed by atoms with Gasteiger partial charge in [-0.05, 0) is 31.0 Å². The standard InChI is InChI=1S/C14H18N4O/c1-2-19-14-10-16-9-13(18-14)17-8-7-11-3-5-12(15)6-4-11/h3-6,9-10H,2,7-8,15H2,1H3,(H,17,18). The number of hydrogen-bond donors (Lipinski definition) is 2. The van der Waals surface area contributed by atoms with E-state index in [2.05, 4.69) is 15.3 Å². The minimum absolute atomic E-state index is 0.542. The molecule has 0 aliphatic carbocycles. The van der Waals surface area contributed by atoms with Gasteiger partial charge in [0.15, 0.2) is 0 Å². The zero-order chi connectivity index (χ0) is 13.5. The fourth-order valence-electron chi connectivity index (χ4n) is 1.67. The normalized spacial score (nSPS) is 10.2. The molecule has 0 amide bonds. The molecule has 0 radical (unpaired) electrons. The minimum atomic E-state index is 0.542. The maximum absolute atomic E-state index is 5.64. The molecule has 100 valence electrons. The Balaban J connectivity index is 1.85. The molecule has 0 spiro atoms. The van der Waals surface area contributed by atoms with Crippen LogP contribution >= 0.6 is 0 Å². The van der Waals surface area contributed by atoms with Crippen molar-refractivity contribution in [1.82, 2.24) is 9.97 Å². The number of rotatable bonds is 6. The van der Waals surface area contributed by atoms with Crippen molar-refractivity contribution >= 4 is 11.5 Å². The summed E-state index contributed by atoms with van der Waals surface area (Å²) in [5.41, 5.74) is 7.66. The summed E-state index contributed by atoms with van der Waals surface area (Å²) in [5, 5.41) is 3.22. The van der Waals surface area contributed by atoms with Crippen LogP contribution in [0.3, 0.4) is 0 Å². The summed E-state index contributed by atoms with van der Waals surface area (Å²) in [6.07, 6.45) is 4.20. The van der Waals surface area contributed by atoms with Crippen LogP contribution in [0.2, 0.25) is 0 Å². The molecule has 0 aliphatic heterocycles. The second kappa shape index (κ2) is 6.58. The molecule has 1 heterocycles. The highest BCUT2D eigenvalue weighted by Gasteiger charge is 1.99. The van der Waals surface area contributed by atoms with Gasteiger partial charge >= 0.3 is 0 Å². The van der Waals surface area contributed by atoms with Gasteiger partial charge < -0.3 is 15.8 Å². The van der Waals surface area contributed by atoms with Crippen molar-refractivity contribution in [1.29, 1.82) is 0 Å². The lowest BCUT2D eigenvalue weighted by atomic mass is 10.1. The molecule has 0 aliphatic rings. The van der Waals surface area contributed by atoms with Crippen LogP contribution in [0.15, 0.2) is 36.7 Å². The number of anilines is 2. The van der Waals surface area contributed by atoms with E-state index in [1.54, 1.807) is 12.4 Å². The summed E-state index contributed by atoms with van der Waals surface area (Å²) in [5.74, 6) is 1.27. The number of nitrogens with one attached hydrogen (secondary N) is 1. The van der Waals surface area contributed by atoms with E-state index in [4.69, 9.17) is 10.5 Å². The molecule has 2 rings (SSSR count). The van der Waals surface area contributed by atoms with Crippen LogP contribution in [-0.2, 0) is 6.42 Å². The Morgan fingerprint density at radius 1 is 1.21 bits per heavy atom. The van der Waals surface area contributed by atoms with E-state index in [0.717, 1.165) is 24.5 Å². The van der Waals surface area contributed by atoms with E-state index < -0.39 is 0 Å². The second-order valence-corrected chi connectivity index (χ2v) is 4.09. The molecule has 1 aromatic heterocycles. The smallest absolute Gasteiger partial charge is 0.234 e. The molecule has 19 heavy (non-hydrogen) atoms. The summed E-state index contributed by atoms with van der Waals surface area (Å²) in [6, 6.07) is 7.87. The third kappa shape index (κ3) is 4.13. The Kier molecular flexibility index (Phi) is 4.55. The molecular weight excluding hydrogens is 240 g/mol. The minimum Gasteiger partial charge on any atom is -0.477 e. The van der Waals surface area contributed by atoms with Crippen molar-refractivity contribution in [3.8, 4) is 5.88 Å². The summed E-state index contributed by atoms with van der Waals surface area (Å²) in [4.78, 5) is 8.37. The predicted molar refractivity (Wildman–Crippen MR) is 76.2 cm³/mol. The lowest BCUT2D eigenvalue weighted by Gasteiger charge is -2.07. The summed E-state index contributed by atoms with van der Waals surface area (Å²) < 4.78 is 5.30. The van der Waals surface area contributed by atoms with Gasteiger partial charge in [-0.25, -0.2) is 0 Å². The fourth-order valence-corrected chi connectivity index (χ4v) is 1.67. The first-order valence-corrected chi connectivity index (χ1v) is 6.31. The van der Waals surface area contributed by atoms with Gasteiger partial charge in [0, 0.05) is 12.2 Å². The van der Waals surface area contributed by atoms with Crippen molar-refractivity contribution in [2.24, 2.45) is 0 Å². The molecule has 5 nitrogen and oxygen atoms in total. The van der Waals surface area contributed by atoms with E-state index in [1.807, 2.05) is 31.2 Å². The molecule has 0 bridgehead atoms. The van der Waals surface area contributed by atoms with Gasteiger partial charge in [-0.3, -0.25) is 4.98 Å². The van der Waals surface area contributed by atoms with Crippen molar-refractivity contribution in [3.05, 3.63) is 42.2 Å². The molecule has 3 N–H and O–H groups in total. The van der Waals surface area contributed by atoms with Crippen LogP contribution in [-0.4, -0.2) is 23.1 Å². The first-order valence-electron chi connectivity index (χ1n) is 6.31. The van der Waals surface area contributed by atoms with Crippen LogP contribution in [0, 0.1) is 0 Å². The molecule has 1 aromatic carbocycles. The number of hydrogen-bond acceptors (Lipinski definition) is 5. The molecule has 0 unspecified atom stereocenters. The van der Waals surface area contributed by atoms with E-state index in [9.17, 15) is 0 Å². The lowest BCUT2D eigenvalue weighted by molar-refractivity contribution is 0.325. The average Bonchev–Trinajstić information content (AvgIpc) is 2.42. The average molecular weight is 258 g/mol. The van der Waals surface area contributed by atoms with Crippen LogP contribution in [0.5, 0.6) is 5.88 Å².